The normalized spacial score (nSPS) is 13.8. The van der Waals surface area contributed by atoms with Gasteiger partial charge in [-0.1, -0.05) is 25.1 Å². The van der Waals surface area contributed by atoms with Gasteiger partial charge in [0.1, 0.15) is 0 Å². The molecule has 3 nitrogen and oxygen atoms in total. The van der Waals surface area contributed by atoms with E-state index in [1.807, 2.05) is 37.6 Å². The van der Waals surface area contributed by atoms with Gasteiger partial charge in [-0.3, -0.25) is 15.0 Å². The van der Waals surface area contributed by atoms with Gasteiger partial charge in [0.2, 0.25) is 0 Å². The van der Waals surface area contributed by atoms with Crippen molar-refractivity contribution < 1.29 is 0 Å². The number of rotatable bonds is 4. The highest BCUT2D eigenvalue weighted by molar-refractivity contribution is 7.80. The van der Waals surface area contributed by atoms with E-state index in [9.17, 15) is 0 Å². The van der Waals surface area contributed by atoms with Gasteiger partial charge in [-0.2, -0.15) is 12.6 Å². The van der Waals surface area contributed by atoms with Crippen LogP contribution >= 0.6 is 12.6 Å². The van der Waals surface area contributed by atoms with Crippen molar-refractivity contribution in [2.24, 2.45) is 0 Å². The minimum atomic E-state index is 0.135. The zero-order valence-corrected chi connectivity index (χ0v) is 15.8. The third kappa shape index (κ3) is 3.42. The Morgan fingerprint density at radius 1 is 0.846 bits per heavy atom. The summed E-state index contributed by atoms with van der Waals surface area (Å²) in [5, 5.41) is 3.59. The van der Waals surface area contributed by atoms with Gasteiger partial charge in [0.25, 0.3) is 0 Å². The molecule has 3 aromatic heterocycles. The Morgan fingerprint density at radius 2 is 1.65 bits per heavy atom. The molecule has 0 aliphatic carbocycles. The standard InChI is InChI=1S/C22H21N3S/c1-14(20-11-22-18(13-24-20)4-3-7-23-22)8-16-5-6-17-12-25-21(15(2)26)10-19(17)9-16/h3-7,9-15,26H,8H2,1-2H3. The van der Waals surface area contributed by atoms with Crippen molar-refractivity contribution in [3.63, 3.8) is 0 Å². The topological polar surface area (TPSA) is 38.7 Å². The predicted octanol–water partition coefficient (Wildman–Crippen LogP) is 5.52. The Hall–Kier alpha value is -2.46. The molecule has 0 spiro atoms. The van der Waals surface area contributed by atoms with Crippen molar-refractivity contribution in [1.29, 1.82) is 0 Å². The SMILES string of the molecule is CC(S)c1cc2cc(CC(C)c3cc4ncccc4cn3)ccc2cn1. The van der Waals surface area contributed by atoms with Crippen LogP contribution in [0.2, 0.25) is 0 Å². The predicted molar refractivity (Wildman–Crippen MR) is 111 cm³/mol. The highest BCUT2D eigenvalue weighted by Gasteiger charge is 2.11. The Kier molecular flexibility index (Phi) is 4.60. The van der Waals surface area contributed by atoms with Gasteiger partial charge in [0.05, 0.1) is 11.2 Å². The highest BCUT2D eigenvalue weighted by atomic mass is 32.1. The van der Waals surface area contributed by atoms with E-state index in [0.29, 0.717) is 5.92 Å². The summed E-state index contributed by atoms with van der Waals surface area (Å²) < 4.78 is 0. The van der Waals surface area contributed by atoms with E-state index in [1.165, 1.54) is 10.9 Å². The molecule has 0 saturated carbocycles. The maximum Gasteiger partial charge on any atom is 0.0735 e. The molecule has 0 bridgehead atoms. The summed E-state index contributed by atoms with van der Waals surface area (Å²) in [7, 11) is 0. The molecule has 2 atom stereocenters. The molecule has 0 aliphatic rings. The fraction of sp³-hybridized carbons (Fsp3) is 0.227. The van der Waals surface area contributed by atoms with E-state index in [1.54, 1.807) is 0 Å². The van der Waals surface area contributed by atoms with Gasteiger partial charge in [0.15, 0.2) is 0 Å². The Labute approximate surface area is 158 Å². The van der Waals surface area contributed by atoms with Crippen LogP contribution in [0.1, 0.15) is 42.0 Å². The largest absolute Gasteiger partial charge is 0.260 e. The van der Waals surface area contributed by atoms with Crippen LogP contribution in [0.25, 0.3) is 21.7 Å². The van der Waals surface area contributed by atoms with Crippen LogP contribution in [-0.4, -0.2) is 15.0 Å². The van der Waals surface area contributed by atoms with Crippen LogP contribution in [0, 0.1) is 0 Å². The van der Waals surface area contributed by atoms with E-state index in [2.05, 4.69) is 64.8 Å². The van der Waals surface area contributed by atoms with Crippen LogP contribution in [0.5, 0.6) is 0 Å². The summed E-state index contributed by atoms with van der Waals surface area (Å²) >= 11 is 4.50. The second-order valence-electron chi connectivity index (χ2n) is 6.88. The molecule has 130 valence electrons. The van der Waals surface area contributed by atoms with Crippen LogP contribution in [0.15, 0.2) is 61.1 Å². The number of nitrogens with zero attached hydrogens (tertiary/aromatic N) is 3. The van der Waals surface area contributed by atoms with Gasteiger partial charge < -0.3 is 0 Å². The second-order valence-corrected chi connectivity index (χ2v) is 7.65. The quantitative estimate of drug-likeness (QED) is 0.488. The smallest absolute Gasteiger partial charge is 0.0735 e. The molecule has 0 aliphatic heterocycles. The average molecular weight is 359 g/mol. The lowest BCUT2D eigenvalue weighted by atomic mass is 9.95. The maximum atomic E-state index is 4.64. The molecule has 26 heavy (non-hydrogen) atoms. The zero-order valence-electron chi connectivity index (χ0n) is 14.9. The first-order valence-corrected chi connectivity index (χ1v) is 9.39. The van der Waals surface area contributed by atoms with Crippen LogP contribution < -0.4 is 0 Å². The number of fused-ring (bicyclic) bond motifs is 2. The molecule has 1 aromatic carbocycles. The molecule has 0 N–H and O–H groups in total. The second kappa shape index (κ2) is 7.04. The number of pyridine rings is 3. The van der Waals surface area contributed by atoms with E-state index < -0.39 is 0 Å². The fourth-order valence-electron chi connectivity index (χ4n) is 3.27. The first-order valence-electron chi connectivity index (χ1n) is 8.87. The number of aromatic nitrogens is 3. The van der Waals surface area contributed by atoms with Gasteiger partial charge >= 0.3 is 0 Å². The molecular formula is C22H21N3S. The third-order valence-corrected chi connectivity index (χ3v) is 5.06. The van der Waals surface area contributed by atoms with Crippen molar-refractivity contribution in [2.45, 2.75) is 31.4 Å². The van der Waals surface area contributed by atoms with Gasteiger partial charge in [-0.15, -0.1) is 0 Å². The summed E-state index contributed by atoms with van der Waals surface area (Å²) in [5.41, 5.74) is 4.39. The summed E-state index contributed by atoms with van der Waals surface area (Å²) in [4.78, 5) is 13.6. The lowest BCUT2D eigenvalue weighted by Gasteiger charge is -2.13. The van der Waals surface area contributed by atoms with Crippen LogP contribution in [-0.2, 0) is 6.42 Å². The minimum Gasteiger partial charge on any atom is -0.260 e. The fourth-order valence-corrected chi connectivity index (χ4v) is 3.41. The minimum absolute atomic E-state index is 0.135. The molecule has 0 saturated heterocycles. The molecule has 0 amide bonds. The van der Waals surface area contributed by atoms with Crippen molar-refractivity contribution in [1.82, 2.24) is 15.0 Å². The Morgan fingerprint density at radius 3 is 2.50 bits per heavy atom. The van der Waals surface area contributed by atoms with Gasteiger partial charge in [-0.05, 0) is 48.6 Å². The van der Waals surface area contributed by atoms with Crippen molar-refractivity contribution in [3.05, 3.63) is 78.0 Å². The molecule has 2 unspecified atom stereocenters. The lowest BCUT2D eigenvalue weighted by Crippen LogP contribution is -2.01. The summed E-state index contributed by atoms with van der Waals surface area (Å²) in [6.45, 7) is 4.26. The highest BCUT2D eigenvalue weighted by Crippen LogP contribution is 2.26. The first-order chi connectivity index (χ1) is 12.6. The zero-order chi connectivity index (χ0) is 18.1. The molecule has 0 fully saturated rings. The maximum absolute atomic E-state index is 4.64. The molecule has 4 aromatic rings. The van der Waals surface area contributed by atoms with E-state index in [-0.39, 0.29) is 5.25 Å². The monoisotopic (exact) mass is 359 g/mol. The number of hydrogen-bond donors (Lipinski definition) is 1. The van der Waals surface area contributed by atoms with Crippen LogP contribution in [0.3, 0.4) is 0 Å². The van der Waals surface area contributed by atoms with Crippen LogP contribution in [0.4, 0.5) is 0 Å². The molecule has 0 radical (unpaired) electrons. The van der Waals surface area contributed by atoms with E-state index >= 15 is 0 Å². The third-order valence-electron chi connectivity index (χ3n) is 4.79. The summed E-state index contributed by atoms with van der Waals surface area (Å²) in [5.74, 6) is 0.323. The van der Waals surface area contributed by atoms with E-state index in [4.69, 9.17) is 0 Å². The van der Waals surface area contributed by atoms with E-state index in [0.717, 1.165) is 34.1 Å². The van der Waals surface area contributed by atoms with Gasteiger partial charge in [0, 0.05) is 46.2 Å². The number of thiol groups is 1. The van der Waals surface area contributed by atoms with Crippen molar-refractivity contribution in [3.8, 4) is 0 Å². The first kappa shape index (κ1) is 17.0. The Balaban J connectivity index is 1.62. The molecule has 4 heteroatoms. The Bertz CT molecular complexity index is 1080. The summed E-state index contributed by atoms with van der Waals surface area (Å²) in [6.07, 6.45) is 6.62. The number of benzene rings is 1. The lowest BCUT2D eigenvalue weighted by molar-refractivity contribution is 0.733. The van der Waals surface area contributed by atoms with Crippen molar-refractivity contribution in [2.75, 3.05) is 0 Å². The molecule has 4 rings (SSSR count). The molecule has 3 heterocycles. The van der Waals surface area contributed by atoms with Crippen molar-refractivity contribution >= 4 is 34.3 Å². The average Bonchev–Trinajstić information content (AvgIpc) is 2.67. The molecular weight excluding hydrogens is 338 g/mol. The van der Waals surface area contributed by atoms with Gasteiger partial charge in [-0.25, -0.2) is 0 Å². The summed E-state index contributed by atoms with van der Waals surface area (Å²) in [6, 6.07) is 14.8. The number of hydrogen-bond acceptors (Lipinski definition) is 4.